The Hall–Kier alpha value is -1.87. The molecule has 0 unspecified atom stereocenters. The minimum atomic E-state index is -4.11. The Balaban J connectivity index is 1.98. The number of nitrogens with zero attached hydrogens (tertiary/aromatic N) is 1. The van der Waals surface area contributed by atoms with Gasteiger partial charge in [-0.05, 0) is 18.2 Å². The fraction of sp³-hybridized carbons (Fsp3) is 0.333. The molecule has 0 aromatic heterocycles. The molecule has 1 amide bonds. The number of alkyl halides is 2. The predicted octanol–water partition coefficient (Wildman–Crippen LogP) is 0.851. The number of carbonyl (C=O) groups excluding carboxylic acids is 2. The highest BCUT2D eigenvalue weighted by atomic mass is 32.2. The fourth-order valence-corrected chi connectivity index (χ4v) is 3.84. The molecule has 1 fully saturated rings. The zero-order valence-electron chi connectivity index (χ0n) is 10.6. The van der Waals surface area contributed by atoms with Crippen molar-refractivity contribution in [3.63, 3.8) is 0 Å². The molecule has 1 saturated heterocycles. The summed E-state index contributed by atoms with van der Waals surface area (Å²) in [5, 5.41) is 2.29. The Morgan fingerprint density at radius 2 is 1.95 bits per heavy atom. The van der Waals surface area contributed by atoms with Crippen molar-refractivity contribution in [2.45, 2.75) is 17.2 Å². The van der Waals surface area contributed by atoms with Gasteiger partial charge in [-0.1, -0.05) is 0 Å². The van der Waals surface area contributed by atoms with Gasteiger partial charge in [0.2, 0.25) is 10.0 Å². The van der Waals surface area contributed by atoms with Gasteiger partial charge >= 0.3 is 0 Å². The number of fused-ring (bicyclic) bond motifs is 1. The van der Waals surface area contributed by atoms with Crippen molar-refractivity contribution in [2.75, 3.05) is 18.4 Å². The van der Waals surface area contributed by atoms with Crippen LogP contribution in [0.1, 0.15) is 16.8 Å². The first-order valence-electron chi connectivity index (χ1n) is 6.08. The van der Waals surface area contributed by atoms with Gasteiger partial charge in [0.25, 0.3) is 17.6 Å². The lowest BCUT2D eigenvalue weighted by Gasteiger charge is -2.16. The van der Waals surface area contributed by atoms with Crippen LogP contribution < -0.4 is 5.32 Å². The first-order chi connectivity index (χ1) is 9.71. The van der Waals surface area contributed by atoms with Crippen LogP contribution in [0.4, 0.5) is 14.5 Å². The van der Waals surface area contributed by atoms with Gasteiger partial charge in [0, 0.05) is 13.0 Å². The summed E-state index contributed by atoms with van der Waals surface area (Å²) in [5.74, 6) is -4.72. The molecule has 1 N–H and O–H groups in total. The molecule has 0 saturated carbocycles. The monoisotopic (exact) mass is 316 g/mol. The highest BCUT2D eigenvalue weighted by Gasteiger charge is 2.44. The molecule has 1 aromatic rings. The van der Waals surface area contributed by atoms with Gasteiger partial charge in [0.1, 0.15) is 0 Å². The summed E-state index contributed by atoms with van der Waals surface area (Å²) in [6.07, 6.45) is -0.532. The Bertz CT molecular complexity index is 761. The van der Waals surface area contributed by atoms with Gasteiger partial charge < -0.3 is 5.32 Å². The van der Waals surface area contributed by atoms with Crippen molar-refractivity contribution in [2.24, 2.45) is 0 Å². The number of Topliss-reactive ketones (excluding diaryl/α,β-unsaturated/α-hetero) is 1. The smallest absolute Gasteiger partial charge is 0.296 e. The van der Waals surface area contributed by atoms with E-state index in [4.69, 9.17) is 0 Å². The normalized spacial score (nSPS) is 21.4. The third kappa shape index (κ3) is 2.22. The summed E-state index contributed by atoms with van der Waals surface area (Å²) in [4.78, 5) is 22.5. The van der Waals surface area contributed by atoms with E-state index in [1.165, 1.54) is 12.1 Å². The molecule has 21 heavy (non-hydrogen) atoms. The summed E-state index contributed by atoms with van der Waals surface area (Å²) < 4.78 is 51.6. The number of amides is 1. The van der Waals surface area contributed by atoms with Crippen molar-refractivity contribution >= 4 is 27.4 Å². The van der Waals surface area contributed by atoms with Gasteiger partial charge in [0.05, 0.1) is 22.7 Å². The summed E-state index contributed by atoms with van der Waals surface area (Å²) in [7, 11) is -4.11. The van der Waals surface area contributed by atoms with Gasteiger partial charge in [-0.15, -0.1) is 0 Å². The molecule has 2 heterocycles. The van der Waals surface area contributed by atoms with Crippen LogP contribution in [0.25, 0.3) is 0 Å². The number of carbonyl (C=O) groups is 2. The highest BCUT2D eigenvalue weighted by Crippen LogP contribution is 2.33. The molecule has 0 bridgehead atoms. The average Bonchev–Trinajstić information content (AvgIpc) is 2.91. The number of hydrogen-bond donors (Lipinski definition) is 1. The molecule has 3 rings (SSSR count). The Morgan fingerprint density at radius 3 is 2.57 bits per heavy atom. The Labute approximate surface area is 118 Å². The van der Waals surface area contributed by atoms with Gasteiger partial charge in [-0.2, -0.15) is 4.31 Å². The van der Waals surface area contributed by atoms with Crippen molar-refractivity contribution in [3.05, 3.63) is 23.8 Å². The predicted molar refractivity (Wildman–Crippen MR) is 67.7 cm³/mol. The number of nitrogens with one attached hydrogen (secondary N) is 1. The van der Waals surface area contributed by atoms with Gasteiger partial charge in [-0.3, -0.25) is 9.59 Å². The summed E-state index contributed by atoms with van der Waals surface area (Å²) in [6.45, 7) is -1.16. The zero-order chi connectivity index (χ0) is 15.4. The fourth-order valence-electron chi connectivity index (χ4n) is 2.34. The number of anilines is 1. The van der Waals surface area contributed by atoms with E-state index in [-0.39, 0.29) is 22.7 Å². The second-order valence-electron chi connectivity index (χ2n) is 4.94. The molecular formula is C12H10F2N2O4S. The standard InChI is InChI=1S/C12H10F2N2O4S/c13-12(14)3-4-16(6-12)21(19,20)7-1-2-9-8(5-7)10(17)11(18)15-9/h1-2,5H,3-4,6H2,(H,15,17,18). The van der Waals surface area contributed by atoms with Crippen LogP contribution in [0, 0.1) is 0 Å². The first-order valence-corrected chi connectivity index (χ1v) is 7.52. The van der Waals surface area contributed by atoms with Crippen molar-refractivity contribution in [1.29, 1.82) is 0 Å². The van der Waals surface area contributed by atoms with Crippen molar-refractivity contribution < 1.29 is 26.8 Å². The second kappa shape index (κ2) is 4.31. The first kappa shape index (κ1) is 14.1. The molecular weight excluding hydrogens is 306 g/mol. The molecule has 0 radical (unpaired) electrons. The maximum atomic E-state index is 13.2. The third-order valence-electron chi connectivity index (χ3n) is 3.46. The van der Waals surface area contributed by atoms with Crippen LogP contribution in [0.3, 0.4) is 0 Å². The van der Waals surface area contributed by atoms with Crippen LogP contribution in [0.2, 0.25) is 0 Å². The second-order valence-corrected chi connectivity index (χ2v) is 6.87. The maximum absolute atomic E-state index is 13.2. The van der Waals surface area contributed by atoms with E-state index < -0.39 is 40.6 Å². The van der Waals surface area contributed by atoms with Crippen LogP contribution in [-0.2, 0) is 14.8 Å². The van der Waals surface area contributed by atoms with E-state index in [2.05, 4.69) is 5.32 Å². The van der Waals surface area contributed by atoms with Crippen molar-refractivity contribution in [3.8, 4) is 0 Å². The number of sulfonamides is 1. The van der Waals surface area contributed by atoms with E-state index in [1.807, 2.05) is 0 Å². The number of hydrogen-bond acceptors (Lipinski definition) is 4. The molecule has 0 atom stereocenters. The van der Waals surface area contributed by atoms with E-state index in [9.17, 15) is 26.8 Å². The molecule has 112 valence electrons. The van der Waals surface area contributed by atoms with E-state index in [0.717, 1.165) is 6.07 Å². The van der Waals surface area contributed by atoms with E-state index >= 15 is 0 Å². The molecule has 9 heteroatoms. The summed E-state index contributed by atoms with van der Waals surface area (Å²) in [5.41, 5.74) is 0.155. The Morgan fingerprint density at radius 1 is 1.24 bits per heavy atom. The zero-order valence-corrected chi connectivity index (χ0v) is 11.4. The minimum absolute atomic E-state index is 0.0629. The number of rotatable bonds is 2. The van der Waals surface area contributed by atoms with Gasteiger partial charge in [0.15, 0.2) is 0 Å². The molecule has 1 aromatic carbocycles. The lowest BCUT2D eigenvalue weighted by Crippen LogP contribution is -2.31. The minimum Gasteiger partial charge on any atom is -0.318 e. The van der Waals surface area contributed by atoms with E-state index in [0.29, 0.717) is 4.31 Å². The van der Waals surface area contributed by atoms with Crippen LogP contribution in [0.5, 0.6) is 0 Å². The Kier molecular flexibility index (Phi) is 2.89. The number of halogens is 2. The van der Waals surface area contributed by atoms with Crippen LogP contribution in [0.15, 0.2) is 23.1 Å². The summed E-state index contributed by atoms with van der Waals surface area (Å²) >= 11 is 0. The molecule has 6 nitrogen and oxygen atoms in total. The largest absolute Gasteiger partial charge is 0.318 e. The molecule has 2 aliphatic heterocycles. The molecule has 0 aliphatic carbocycles. The topological polar surface area (TPSA) is 83.6 Å². The van der Waals surface area contributed by atoms with Gasteiger partial charge in [-0.25, -0.2) is 17.2 Å². The highest BCUT2D eigenvalue weighted by molar-refractivity contribution is 7.89. The third-order valence-corrected chi connectivity index (χ3v) is 5.30. The van der Waals surface area contributed by atoms with E-state index in [1.54, 1.807) is 0 Å². The lowest BCUT2D eigenvalue weighted by molar-refractivity contribution is -0.112. The molecule has 0 spiro atoms. The van der Waals surface area contributed by atoms with Crippen LogP contribution >= 0.6 is 0 Å². The number of ketones is 1. The molecule has 2 aliphatic rings. The SMILES string of the molecule is O=C1Nc2ccc(S(=O)(=O)N3CCC(F)(F)C3)cc2C1=O. The average molecular weight is 316 g/mol. The number of benzene rings is 1. The van der Waals surface area contributed by atoms with Crippen LogP contribution in [-0.4, -0.2) is 43.4 Å². The van der Waals surface area contributed by atoms with Crippen molar-refractivity contribution in [1.82, 2.24) is 4.31 Å². The maximum Gasteiger partial charge on any atom is 0.296 e. The summed E-state index contributed by atoms with van der Waals surface area (Å²) in [6, 6.07) is 3.50. The lowest BCUT2D eigenvalue weighted by atomic mass is 10.1. The quantitative estimate of drug-likeness (QED) is 0.820.